The number of nitrogens with zero attached hydrogens (tertiary/aromatic N) is 1. The number of hydrogen-bond donors (Lipinski definition) is 0. The van der Waals surface area contributed by atoms with Gasteiger partial charge in [-0.15, -0.1) is 0 Å². The van der Waals surface area contributed by atoms with Crippen LogP contribution in [0.1, 0.15) is 16.8 Å². The average molecular weight is 414 g/mol. The number of carbonyl (C=O) groups excluding carboxylic acids is 1. The summed E-state index contributed by atoms with van der Waals surface area (Å²) in [6.45, 7) is 1.60. The number of hydrogen-bond acceptors (Lipinski definition) is 1. The summed E-state index contributed by atoms with van der Waals surface area (Å²) < 4.78 is 0.949. The first-order chi connectivity index (χ1) is 7.58. The predicted molar refractivity (Wildman–Crippen MR) is 77.4 cm³/mol. The van der Waals surface area contributed by atoms with Gasteiger partial charge in [0.25, 0.3) is 5.91 Å². The van der Waals surface area contributed by atoms with Crippen LogP contribution < -0.4 is 0 Å². The van der Waals surface area contributed by atoms with Crippen LogP contribution in [0.15, 0.2) is 18.2 Å². The maximum absolute atomic E-state index is 12.2. The van der Waals surface area contributed by atoms with Gasteiger partial charge in [-0.3, -0.25) is 4.79 Å². The van der Waals surface area contributed by atoms with Crippen molar-refractivity contribution in [1.29, 1.82) is 0 Å². The highest BCUT2D eigenvalue weighted by Crippen LogP contribution is 2.23. The molecular formula is C11H10BrClINO. The fraction of sp³-hybridized carbons (Fsp3) is 0.364. The minimum Gasteiger partial charge on any atom is -0.337 e. The number of carbonyl (C=O) groups is 1. The zero-order valence-corrected chi connectivity index (χ0v) is 12.9. The second-order valence-electron chi connectivity index (χ2n) is 3.76. The van der Waals surface area contributed by atoms with Crippen molar-refractivity contribution in [2.45, 2.75) is 11.2 Å². The molecule has 2 nitrogen and oxygen atoms in total. The Morgan fingerprint density at radius 2 is 2.31 bits per heavy atom. The number of benzene rings is 1. The molecule has 0 bridgehead atoms. The second-order valence-corrected chi connectivity index (χ2v) is 6.65. The largest absolute Gasteiger partial charge is 0.337 e. The Hall–Kier alpha value is 0.190. The standard InChI is InChI=1S/C11H10BrClINO/c12-7-3-4-15(6-7)11(16)9-5-8(13)1-2-10(9)14/h1-2,5,7H,3-4,6H2. The third-order valence-corrected chi connectivity index (χ3v) is 4.50. The minimum absolute atomic E-state index is 0.0776. The van der Waals surface area contributed by atoms with Crippen LogP contribution in [0.5, 0.6) is 0 Å². The third-order valence-electron chi connectivity index (χ3n) is 2.58. The topological polar surface area (TPSA) is 20.3 Å². The van der Waals surface area contributed by atoms with Crippen molar-refractivity contribution in [2.24, 2.45) is 0 Å². The molecule has 1 fully saturated rings. The first-order valence-corrected chi connectivity index (χ1v) is 7.33. The highest BCUT2D eigenvalue weighted by Gasteiger charge is 2.26. The summed E-state index contributed by atoms with van der Waals surface area (Å²) >= 11 is 11.6. The molecule has 1 unspecified atom stereocenters. The molecule has 1 aromatic carbocycles. The SMILES string of the molecule is O=C(c1cc(Cl)ccc1I)N1CCC(Br)C1. The molecule has 0 aliphatic carbocycles. The molecule has 0 radical (unpaired) electrons. The molecule has 0 aromatic heterocycles. The molecule has 5 heteroatoms. The van der Waals surface area contributed by atoms with Gasteiger partial charge in [0, 0.05) is 26.5 Å². The van der Waals surface area contributed by atoms with Crippen LogP contribution in [0.3, 0.4) is 0 Å². The molecule has 1 aliphatic rings. The lowest BCUT2D eigenvalue weighted by molar-refractivity contribution is 0.0792. The van der Waals surface area contributed by atoms with Crippen molar-refractivity contribution < 1.29 is 4.79 Å². The van der Waals surface area contributed by atoms with Crippen LogP contribution in [0.4, 0.5) is 0 Å². The van der Waals surface area contributed by atoms with Gasteiger partial charge in [0.2, 0.25) is 0 Å². The van der Waals surface area contributed by atoms with Gasteiger partial charge in [-0.25, -0.2) is 0 Å². The normalized spacial score (nSPS) is 20.2. The highest BCUT2D eigenvalue weighted by atomic mass is 127. The van der Waals surface area contributed by atoms with E-state index in [2.05, 4.69) is 38.5 Å². The van der Waals surface area contributed by atoms with Gasteiger partial charge in [-0.2, -0.15) is 0 Å². The van der Waals surface area contributed by atoms with E-state index in [1.54, 1.807) is 12.1 Å². The van der Waals surface area contributed by atoms with E-state index in [0.29, 0.717) is 15.4 Å². The van der Waals surface area contributed by atoms with Gasteiger partial charge >= 0.3 is 0 Å². The number of amides is 1. The summed E-state index contributed by atoms with van der Waals surface area (Å²) in [6, 6.07) is 5.42. The van der Waals surface area contributed by atoms with Crippen molar-refractivity contribution in [1.82, 2.24) is 4.90 Å². The van der Waals surface area contributed by atoms with E-state index >= 15 is 0 Å². The molecule has 0 saturated carbocycles. The maximum atomic E-state index is 12.2. The summed E-state index contributed by atoms with van der Waals surface area (Å²) in [6.07, 6.45) is 1.02. The zero-order valence-electron chi connectivity index (χ0n) is 8.42. The van der Waals surface area contributed by atoms with E-state index in [1.165, 1.54) is 0 Å². The maximum Gasteiger partial charge on any atom is 0.255 e. The van der Waals surface area contributed by atoms with Crippen molar-refractivity contribution in [3.8, 4) is 0 Å². The molecule has 86 valence electrons. The highest BCUT2D eigenvalue weighted by molar-refractivity contribution is 14.1. The van der Waals surface area contributed by atoms with Crippen LogP contribution in [0.25, 0.3) is 0 Å². The number of halogens is 3. The number of likely N-dealkylation sites (tertiary alicyclic amines) is 1. The minimum atomic E-state index is 0.0776. The molecule has 0 N–H and O–H groups in total. The quantitative estimate of drug-likeness (QED) is 0.508. The zero-order chi connectivity index (χ0) is 11.7. The Labute approximate surface area is 122 Å². The second kappa shape index (κ2) is 5.23. The van der Waals surface area contributed by atoms with Crippen LogP contribution in [-0.4, -0.2) is 28.7 Å². The van der Waals surface area contributed by atoms with Gasteiger partial charge in [0.15, 0.2) is 0 Å². The van der Waals surface area contributed by atoms with Gasteiger partial charge in [-0.05, 0) is 47.2 Å². The van der Waals surface area contributed by atoms with Crippen molar-refractivity contribution >= 4 is 56.0 Å². The van der Waals surface area contributed by atoms with Crippen LogP contribution in [0.2, 0.25) is 5.02 Å². The molecule has 1 amide bonds. The van der Waals surface area contributed by atoms with E-state index in [9.17, 15) is 4.79 Å². The first kappa shape index (κ1) is 12.6. The van der Waals surface area contributed by atoms with E-state index < -0.39 is 0 Å². The Kier molecular flexibility index (Phi) is 4.13. The fourth-order valence-corrected chi connectivity index (χ4v) is 3.03. The predicted octanol–water partition coefficient (Wildman–Crippen LogP) is 3.55. The molecule has 1 aromatic rings. The Balaban J connectivity index is 2.23. The Morgan fingerprint density at radius 3 is 2.94 bits per heavy atom. The van der Waals surface area contributed by atoms with Gasteiger partial charge < -0.3 is 4.90 Å². The molecule has 1 saturated heterocycles. The molecular weight excluding hydrogens is 404 g/mol. The van der Waals surface area contributed by atoms with Crippen molar-refractivity contribution in [2.75, 3.05) is 13.1 Å². The van der Waals surface area contributed by atoms with E-state index in [-0.39, 0.29) is 5.91 Å². The summed E-state index contributed by atoms with van der Waals surface area (Å²) in [4.78, 5) is 14.5. The lowest BCUT2D eigenvalue weighted by Gasteiger charge is -2.16. The van der Waals surface area contributed by atoms with Crippen LogP contribution in [0, 0.1) is 3.57 Å². The van der Waals surface area contributed by atoms with Gasteiger partial charge in [-0.1, -0.05) is 27.5 Å². The lowest BCUT2D eigenvalue weighted by Crippen LogP contribution is -2.29. The molecule has 1 heterocycles. The lowest BCUT2D eigenvalue weighted by atomic mass is 10.2. The summed E-state index contributed by atoms with van der Waals surface area (Å²) in [7, 11) is 0. The van der Waals surface area contributed by atoms with Gasteiger partial charge in [0.1, 0.15) is 0 Å². The van der Waals surface area contributed by atoms with Gasteiger partial charge in [0.05, 0.1) is 5.56 Å². The molecule has 1 atom stereocenters. The van der Waals surface area contributed by atoms with E-state index in [1.807, 2.05) is 11.0 Å². The summed E-state index contributed by atoms with van der Waals surface area (Å²) in [5.41, 5.74) is 0.703. The average Bonchev–Trinajstić information content (AvgIpc) is 2.67. The third kappa shape index (κ3) is 2.71. The smallest absolute Gasteiger partial charge is 0.255 e. The van der Waals surface area contributed by atoms with Crippen molar-refractivity contribution in [3.05, 3.63) is 32.4 Å². The first-order valence-electron chi connectivity index (χ1n) is 4.96. The van der Waals surface area contributed by atoms with Crippen LogP contribution >= 0.6 is 50.1 Å². The van der Waals surface area contributed by atoms with Crippen LogP contribution in [-0.2, 0) is 0 Å². The molecule has 1 aliphatic heterocycles. The number of rotatable bonds is 1. The number of alkyl halides is 1. The Bertz CT molecular complexity index is 426. The molecule has 0 spiro atoms. The Morgan fingerprint density at radius 1 is 1.56 bits per heavy atom. The molecule has 2 rings (SSSR count). The summed E-state index contributed by atoms with van der Waals surface area (Å²) in [5, 5.41) is 0.610. The molecule has 16 heavy (non-hydrogen) atoms. The monoisotopic (exact) mass is 413 g/mol. The fourth-order valence-electron chi connectivity index (χ4n) is 1.73. The van der Waals surface area contributed by atoms with E-state index in [0.717, 1.165) is 23.1 Å². The van der Waals surface area contributed by atoms with Crippen molar-refractivity contribution in [3.63, 3.8) is 0 Å². The summed E-state index contributed by atoms with van der Waals surface area (Å²) in [5.74, 6) is 0.0776. The van der Waals surface area contributed by atoms with E-state index in [4.69, 9.17) is 11.6 Å².